The van der Waals surface area contributed by atoms with Gasteiger partial charge in [-0.25, -0.2) is 0 Å². The lowest BCUT2D eigenvalue weighted by molar-refractivity contribution is 0.0947. The number of unbranched alkanes of at least 4 members (excludes halogenated alkanes) is 2. The third kappa shape index (κ3) is 4.84. The molecule has 0 aliphatic rings. The largest absolute Gasteiger partial charge is 0.351 e. The molecule has 2 aromatic rings. The molecule has 0 bridgehead atoms. The fraction of sp³-hybridized carbons (Fsp3) is 0.353. The van der Waals surface area contributed by atoms with E-state index < -0.39 is 0 Å². The van der Waals surface area contributed by atoms with Crippen LogP contribution in [0.3, 0.4) is 0 Å². The second-order valence-electron chi connectivity index (χ2n) is 5.26. The van der Waals surface area contributed by atoms with Gasteiger partial charge in [0.15, 0.2) is 11.5 Å². The van der Waals surface area contributed by atoms with Gasteiger partial charge < -0.3 is 10.6 Å². The van der Waals surface area contributed by atoms with Crippen LogP contribution < -0.4 is 10.6 Å². The summed E-state index contributed by atoms with van der Waals surface area (Å²) in [7, 11) is 0. The van der Waals surface area contributed by atoms with E-state index in [1.165, 1.54) is 5.56 Å². The minimum absolute atomic E-state index is 0.175. The normalized spacial score (nSPS) is 10.3. The molecule has 1 heterocycles. The van der Waals surface area contributed by atoms with Crippen molar-refractivity contribution in [2.24, 2.45) is 0 Å². The first kappa shape index (κ1) is 15.9. The van der Waals surface area contributed by atoms with Gasteiger partial charge in [0.2, 0.25) is 0 Å². The number of amides is 1. The first-order chi connectivity index (χ1) is 10.7. The van der Waals surface area contributed by atoms with Crippen LogP contribution in [-0.2, 0) is 0 Å². The lowest BCUT2D eigenvalue weighted by Gasteiger charge is -2.07. The van der Waals surface area contributed by atoms with Gasteiger partial charge in [0.1, 0.15) is 0 Å². The predicted molar refractivity (Wildman–Crippen MR) is 88.4 cm³/mol. The summed E-state index contributed by atoms with van der Waals surface area (Å²) in [6.07, 6.45) is 3.24. The molecule has 1 amide bonds. The van der Waals surface area contributed by atoms with Crippen molar-refractivity contribution in [2.45, 2.75) is 33.1 Å². The van der Waals surface area contributed by atoms with E-state index in [-0.39, 0.29) is 5.91 Å². The Bertz CT molecular complexity index is 610. The van der Waals surface area contributed by atoms with Gasteiger partial charge in [-0.15, -0.1) is 10.2 Å². The molecule has 0 aliphatic carbocycles. The van der Waals surface area contributed by atoms with E-state index in [0.29, 0.717) is 18.1 Å². The van der Waals surface area contributed by atoms with Crippen molar-refractivity contribution in [3.05, 3.63) is 47.7 Å². The van der Waals surface area contributed by atoms with Crippen LogP contribution >= 0.6 is 0 Å². The van der Waals surface area contributed by atoms with E-state index in [1.54, 1.807) is 12.1 Å². The van der Waals surface area contributed by atoms with Gasteiger partial charge in [0, 0.05) is 12.2 Å². The summed E-state index contributed by atoms with van der Waals surface area (Å²) in [5, 5.41) is 14.0. The average molecular weight is 298 g/mol. The van der Waals surface area contributed by atoms with E-state index in [4.69, 9.17) is 0 Å². The van der Waals surface area contributed by atoms with Gasteiger partial charge in [0.05, 0.1) is 0 Å². The fourth-order valence-corrected chi connectivity index (χ4v) is 2.06. The van der Waals surface area contributed by atoms with Crippen molar-refractivity contribution in [3.8, 4) is 0 Å². The topological polar surface area (TPSA) is 66.9 Å². The minimum Gasteiger partial charge on any atom is -0.351 e. The number of rotatable bonds is 7. The molecule has 0 radical (unpaired) electrons. The highest BCUT2D eigenvalue weighted by Crippen LogP contribution is 2.15. The molecular weight excluding hydrogens is 276 g/mol. The van der Waals surface area contributed by atoms with Gasteiger partial charge in [-0.2, -0.15) is 0 Å². The fourth-order valence-electron chi connectivity index (χ4n) is 2.06. The highest BCUT2D eigenvalue weighted by atomic mass is 16.1. The molecule has 0 spiro atoms. The Balaban J connectivity index is 1.91. The summed E-state index contributed by atoms with van der Waals surface area (Å²) < 4.78 is 0. The Morgan fingerprint density at radius 1 is 1.14 bits per heavy atom. The van der Waals surface area contributed by atoms with E-state index in [9.17, 15) is 4.79 Å². The highest BCUT2D eigenvalue weighted by Gasteiger charge is 2.07. The van der Waals surface area contributed by atoms with Gasteiger partial charge in [-0.05, 0) is 43.2 Å². The smallest absolute Gasteiger partial charge is 0.271 e. The average Bonchev–Trinajstić information content (AvgIpc) is 2.52. The van der Waals surface area contributed by atoms with Crippen LogP contribution in [0.4, 0.5) is 11.5 Å². The van der Waals surface area contributed by atoms with Crippen LogP contribution in [0.25, 0.3) is 0 Å². The van der Waals surface area contributed by atoms with Gasteiger partial charge in [0.25, 0.3) is 5.91 Å². The number of hydrogen-bond donors (Lipinski definition) is 2. The Hall–Kier alpha value is -2.43. The summed E-state index contributed by atoms with van der Waals surface area (Å²) in [5.41, 5.74) is 2.46. The molecule has 1 aromatic carbocycles. The maximum absolute atomic E-state index is 11.9. The van der Waals surface area contributed by atoms with E-state index in [0.717, 1.165) is 24.9 Å². The van der Waals surface area contributed by atoms with Crippen LogP contribution in [0.5, 0.6) is 0 Å². The molecule has 22 heavy (non-hydrogen) atoms. The van der Waals surface area contributed by atoms with Crippen molar-refractivity contribution in [1.82, 2.24) is 15.5 Å². The molecule has 0 unspecified atom stereocenters. The number of hydrogen-bond acceptors (Lipinski definition) is 4. The molecule has 0 atom stereocenters. The monoisotopic (exact) mass is 298 g/mol. The number of carbonyl (C=O) groups is 1. The van der Waals surface area contributed by atoms with Crippen LogP contribution in [0.1, 0.15) is 42.2 Å². The third-order valence-corrected chi connectivity index (χ3v) is 3.25. The van der Waals surface area contributed by atoms with Crippen LogP contribution in [0, 0.1) is 6.92 Å². The van der Waals surface area contributed by atoms with Crippen molar-refractivity contribution in [2.75, 3.05) is 11.9 Å². The van der Waals surface area contributed by atoms with E-state index in [1.807, 2.05) is 31.2 Å². The highest BCUT2D eigenvalue weighted by molar-refractivity contribution is 5.92. The maximum atomic E-state index is 11.9. The van der Waals surface area contributed by atoms with Gasteiger partial charge >= 0.3 is 0 Å². The van der Waals surface area contributed by atoms with Crippen LogP contribution in [0.2, 0.25) is 0 Å². The first-order valence-electron chi connectivity index (χ1n) is 7.64. The second kappa shape index (κ2) is 8.12. The minimum atomic E-state index is -0.175. The van der Waals surface area contributed by atoms with Crippen molar-refractivity contribution >= 4 is 17.4 Å². The molecule has 0 aliphatic heterocycles. The van der Waals surface area contributed by atoms with Crippen LogP contribution in [-0.4, -0.2) is 22.6 Å². The number of aromatic nitrogens is 2. The summed E-state index contributed by atoms with van der Waals surface area (Å²) in [6.45, 7) is 4.84. The predicted octanol–water partition coefficient (Wildman–Crippen LogP) is 3.45. The molecule has 2 rings (SSSR count). The number of benzene rings is 1. The maximum Gasteiger partial charge on any atom is 0.271 e. The van der Waals surface area contributed by atoms with Crippen LogP contribution in [0.15, 0.2) is 36.4 Å². The molecule has 1 aromatic heterocycles. The van der Waals surface area contributed by atoms with E-state index >= 15 is 0 Å². The van der Waals surface area contributed by atoms with Crippen molar-refractivity contribution < 1.29 is 4.79 Å². The zero-order valence-electron chi connectivity index (χ0n) is 13.1. The van der Waals surface area contributed by atoms with Gasteiger partial charge in [-0.1, -0.05) is 31.9 Å². The standard InChI is InChI=1S/C17H22N4O/c1-3-4-5-11-18-17(22)15-9-10-16(21-20-15)19-14-8-6-7-13(2)12-14/h6-10,12H,3-5,11H2,1-2H3,(H,18,22)(H,19,21). The Labute approximate surface area is 131 Å². The molecule has 0 fully saturated rings. The summed E-state index contributed by atoms with van der Waals surface area (Å²) in [4.78, 5) is 11.9. The zero-order chi connectivity index (χ0) is 15.8. The van der Waals surface area contributed by atoms with E-state index in [2.05, 4.69) is 27.8 Å². The number of nitrogens with one attached hydrogen (secondary N) is 2. The molecule has 116 valence electrons. The van der Waals surface area contributed by atoms with Crippen molar-refractivity contribution in [1.29, 1.82) is 0 Å². The Kier molecular flexibility index (Phi) is 5.89. The lowest BCUT2D eigenvalue weighted by atomic mass is 10.2. The summed E-state index contributed by atoms with van der Waals surface area (Å²) in [6, 6.07) is 11.4. The molecule has 2 N–H and O–H groups in total. The second-order valence-corrected chi connectivity index (χ2v) is 5.26. The van der Waals surface area contributed by atoms with Gasteiger partial charge in [-0.3, -0.25) is 4.79 Å². The Morgan fingerprint density at radius 2 is 2.00 bits per heavy atom. The number of anilines is 2. The summed E-state index contributed by atoms with van der Waals surface area (Å²) in [5.74, 6) is 0.443. The Morgan fingerprint density at radius 3 is 2.68 bits per heavy atom. The molecule has 0 saturated heterocycles. The number of carbonyl (C=O) groups excluding carboxylic acids is 1. The molecule has 5 nitrogen and oxygen atoms in total. The zero-order valence-corrected chi connectivity index (χ0v) is 13.1. The number of aryl methyl sites for hydroxylation is 1. The SMILES string of the molecule is CCCCCNC(=O)c1ccc(Nc2cccc(C)c2)nn1. The third-order valence-electron chi connectivity index (χ3n) is 3.25. The van der Waals surface area contributed by atoms with Crippen molar-refractivity contribution in [3.63, 3.8) is 0 Å². The first-order valence-corrected chi connectivity index (χ1v) is 7.64. The quantitative estimate of drug-likeness (QED) is 0.768. The molecule has 5 heteroatoms. The number of nitrogens with zero attached hydrogens (tertiary/aromatic N) is 2. The lowest BCUT2D eigenvalue weighted by Crippen LogP contribution is -2.25. The molecular formula is C17H22N4O. The summed E-state index contributed by atoms with van der Waals surface area (Å²) >= 11 is 0. The molecule has 0 saturated carbocycles.